The van der Waals surface area contributed by atoms with Crippen LogP contribution in [0.5, 0.6) is 5.75 Å². The summed E-state index contributed by atoms with van der Waals surface area (Å²) in [7, 11) is 0. The van der Waals surface area contributed by atoms with Crippen LogP contribution in [-0.2, 0) is 0 Å². The second-order valence-electron chi connectivity index (χ2n) is 4.38. The number of hydrogen-bond donors (Lipinski definition) is 1. The summed E-state index contributed by atoms with van der Waals surface area (Å²) in [6, 6.07) is 4.19. The molecule has 90 valence electrons. The number of benzene rings is 1. The lowest BCUT2D eigenvalue weighted by Gasteiger charge is -2.27. The summed E-state index contributed by atoms with van der Waals surface area (Å²) in [4.78, 5) is 0. The first-order valence-electron chi connectivity index (χ1n) is 5.13. The highest BCUT2D eigenvalue weighted by molar-refractivity contribution is 9.10. The highest BCUT2D eigenvalue weighted by Crippen LogP contribution is 2.27. The monoisotopic (exact) mass is 290 g/mol. The van der Waals surface area contributed by atoms with Crippen LogP contribution in [0, 0.1) is 11.7 Å². The van der Waals surface area contributed by atoms with Gasteiger partial charge in [-0.25, -0.2) is 4.39 Å². The molecule has 1 aromatic carbocycles. The molecule has 0 saturated heterocycles. The molecule has 1 rings (SSSR count). The SMILES string of the molecule is CC(C)C(C)(O)COc1ccc(F)cc1Br. The van der Waals surface area contributed by atoms with Crippen LogP contribution in [0.2, 0.25) is 0 Å². The van der Waals surface area contributed by atoms with E-state index in [1.807, 2.05) is 13.8 Å². The average Bonchev–Trinajstić information content (AvgIpc) is 2.16. The minimum Gasteiger partial charge on any atom is -0.489 e. The maximum atomic E-state index is 12.8. The molecule has 0 heterocycles. The van der Waals surface area contributed by atoms with E-state index in [0.717, 1.165) is 0 Å². The first kappa shape index (κ1) is 13.5. The number of aliphatic hydroxyl groups is 1. The summed E-state index contributed by atoms with van der Waals surface area (Å²) in [5.41, 5.74) is -0.895. The molecule has 0 amide bonds. The summed E-state index contributed by atoms with van der Waals surface area (Å²) in [6.45, 7) is 5.73. The van der Waals surface area contributed by atoms with Gasteiger partial charge in [0.15, 0.2) is 0 Å². The van der Waals surface area contributed by atoms with E-state index >= 15 is 0 Å². The van der Waals surface area contributed by atoms with Gasteiger partial charge in [-0.15, -0.1) is 0 Å². The zero-order valence-electron chi connectivity index (χ0n) is 9.63. The Morgan fingerprint density at radius 1 is 1.50 bits per heavy atom. The fourth-order valence-corrected chi connectivity index (χ4v) is 1.45. The zero-order chi connectivity index (χ0) is 12.3. The summed E-state index contributed by atoms with van der Waals surface area (Å²) in [5, 5.41) is 9.98. The molecule has 0 saturated carbocycles. The van der Waals surface area contributed by atoms with Gasteiger partial charge in [-0.05, 0) is 47.0 Å². The third-order valence-corrected chi connectivity index (χ3v) is 3.28. The van der Waals surface area contributed by atoms with Crippen LogP contribution in [0.4, 0.5) is 4.39 Å². The van der Waals surface area contributed by atoms with E-state index < -0.39 is 5.60 Å². The summed E-state index contributed by atoms with van der Waals surface area (Å²) < 4.78 is 18.8. The van der Waals surface area contributed by atoms with Crippen molar-refractivity contribution >= 4 is 15.9 Å². The van der Waals surface area contributed by atoms with Crippen molar-refractivity contribution < 1.29 is 14.2 Å². The molecule has 1 N–H and O–H groups in total. The molecule has 0 bridgehead atoms. The highest BCUT2D eigenvalue weighted by atomic mass is 79.9. The lowest BCUT2D eigenvalue weighted by atomic mass is 9.94. The van der Waals surface area contributed by atoms with Crippen molar-refractivity contribution in [3.8, 4) is 5.75 Å². The molecular formula is C12H16BrFO2. The number of halogens is 2. The Labute approximate surface area is 104 Å². The predicted octanol–water partition coefficient (Wildman–Crippen LogP) is 3.37. The Morgan fingerprint density at radius 2 is 2.12 bits per heavy atom. The molecule has 0 aliphatic rings. The first-order chi connectivity index (χ1) is 7.33. The Hall–Kier alpha value is -0.610. The van der Waals surface area contributed by atoms with Gasteiger partial charge in [0.2, 0.25) is 0 Å². The van der Waals surface area contributed by atoms with Gasteiger partial charge in [-0.2, -0.15) is 0 Å². The van der Waals surface area contributed by atoms with Crippen molar-refractivity contribution in [2.45, 2.75) is 26.4 Å². The van der Waals surface area contributed by atoms with Crippen molar-refractivity contribution in [1.82, 2.24) is 0 Å². The minimum atomic E-state index is -0.895. The standard InChI is InChI=1S/C12H16BrFO2/c1-8(2)12(3,15)7-16-11-5-4-9(14)6-10(11)13/h4-6,8,15H,7H2,1-3H3. The Balaban J connectivity index is 2.68. The zero-order valence-corrected chi connectivity index (χ0v) is 11.2. The van der Waals surface area contributed by atoms with Gasteiger partial charge >= 0.3 is 0 Å². The topological polar surface area (TPSA) is 29.5 Å². The molecule has 0 aliphatic carbocycles. The van der Waals surface area contributed by atoms with Crippen LogP contribution in [-0.4, -0.2) is 17.3 Å². The van der Waals surface area contributed by atoms with E-state index in [-0.39, 0.29) is 18.3 Å². The van der Waals surface area contributed by atoms with E-state index in [0.29, 0.717) is 10.2 Å². The van der Waals surface area contributed by atoms with Gasteiger partial charge < -0.3 is 9.84 Å². The number of ether oxygens (including phenoxy) is 1. The molecule has 0 fully saturated rings. The molecule has 0 spiro atoms. The smallest absolute Gasteiger partial charge is 0.133 e. The fraction of sp³-hybridized carbons (Fsp3) is 0.500. The van der Waals surface area contributed by atoms with Crippen molar-refractivity contribution in [2.75, 3.05) is 6.61 Å². The quantitative estimate of drug-likeness (QED) is 0.921. The first-order valence-corrected chi connectivity index (χ1v) is 5.92. The van der Waals surface area contributed by atoms with Crippen LogP contribution in [0.3, 0.4) is 0 Å². The Kier molecular flexibility index (Phi) is 4.33. The van der Waals surface area contributed by atoms with Crippen LogP contribution >= 0.6 is 15.9 Å². The molecule has 1 unspecified atom stereocenters. The van der Waals surface area contributed by atoms with Gasteiger partial charge in [0.1, 0.15) is 18.2 Å². The Morgan fingerprint density at radius 3 is 2.62 bits per heavy atom. The largest absolute Gasteiger partial charge is 0.489 e. The average molecular weight is 291 g/mol. The van der Waals surface area contributed by atoms with Crippen LogP contribution in [0.25, 0.3) is 0 Å². The second-order valence-corrected chi connectivity index (χ2v) is 5.23. The molecule has 1 aromatic rings. The van der Waals surface area contributed by atoms with E-state index in [4.69, 9.17) is 4.74 Å². The fourth-order valence-electron chi connectivity index (χ4n) is 0.983. The molecule has 0 radical (unpaired) electrons. The van der Waals surface area contributed by atoms with Gasteiger partial charge in [0.25, 0.3) is 0 Å². The summed E-state index contributed by atoms with van der Waals surface area (Å²) in [6.07, 6.45) is 0. The third-order valence-electron chi connectivity index (χ3n) is 2.66. The normalized spacial score (nSPS) is 14.9. The van der Waals surface area contributed by atoms with Gasteiger partial charge in [-0.1, -0.05) is 13.8 Å². The molecule has 1 atom stereocenters. The molecule has 16 heavy (non-hydrogen) atoms. The van der Waals surface area contributed by atoms with E-state index in [1.54, 1.807) is 6.92 Å². The predicted molar refractivity (Wildman–Crippen MR) is 65.1 cm³/mol. The van der Waals surface area contributed by atoms with Crippen molar-refractivity contribution in [3.63, 3.8) is 0 Å². The number of rotatable bonds is 4. The van der Waals surface area contributed by atoms with E-state index in [9.17, 15) is 9.50 Å². The van der Waals surface area contributed by atoms with Crippen LogP contribution < -0.4 is 4.74 Å². The molecule has 2 nitrogen and oxygen atoms in total. The summed E-state index contributed by atoms with van der Waals surface area (Å²) >= 11 is 3.21. The highest BCUT2D eigenvalue weighted by Gasteiger charge is 2.26. The lowest BCUT2D eigenvalue weighted by Crippen LogP contribution is -2.37. The molecule has 0 aromatic heterocycles. The second kappa shape index (κ2) is 5.15. The van der Waals surface area contributed by atoms with Gasteiger partial charge in [-0.3, -0.25) is 0 Å². The van der Waals surface area contributed by atoms with Crippen LogP contribution in [0.1, 0.15) is 20.8 Å². The van der Waals surface area contributed by atoms with Crippen molar-refractivity contribution in [1.29, 1.82) is 0 Å². The Bertz CT molecular complexity index is 364. The lowest BCUT2D eigenvalue weighted by molar-refractivity contribution is -0.0268. The van der Waals surface area contributed by atoms with Crippen LogP contribution in [0.15, 0.2) is 22.7 Å². The number of hydrogen-bond acceptors (Lipinski definition) is 2. The third kappa shape index (κ3) is 3.46. The molecule has 4 heteroatoms. The molecular weight excluding hydrogens is 275 g/mol. The van der Waals surface area contributed by atoms with Crippen molar-refractivity contribution in [3.05, 3.63) is 28.5 Å². The van der Waals surface area contributed by atoms with Gasteiger partial charge in [0.05, 0.1) is 10.1 Å². The van der Waals surface area contributed by atoms with E-state index in [1.165, 1.54) is 18.2 Å². The minimum absolute atomic E-state index is 0.0896. The van der Waals surface area contributed by atoms with Gasteiger partial charge in [0, 0.05) is 0 Å². The molecule has 0 aliphatic heterocycles. The maximum absolute atomic E-state index is 12.8. The van der Waals surface area contributed by atoms with Crippen molar-refractivity contribution in [2.24, 2.45) is 5.92 Å². The maximum Gasteiger partial charge on any atom is 0.133 e. The van der Waals surface area contributed by atoms with E-state index in [2.05, 4.69) is 15.9 Å². The summed E-state index contributed by atoms with van der Waals surface area (Å²) in [5.74, 6) is 0.295.